The number of hydrogen-bond acceptors (Lipinski definition) is 1. The first-order chi connectivity index (χ1) is 7.36. The molecule has 1 atom stereocenters. The highest BCUT2D eigenvalue weighted by Gasteiger charge is 2.07. The van der Waals surface area contributed by atoms with Gasteiger partial charge < -0.3 is 5.32 Å². The Morgan fingerprint density at radius 3 is 2.73 bits per heavy atom. The highest BCUT2D eigenvalue weighted by molar-refractivity contribution is 5.19. The zero-order chi connectivity index (χ0) is 10.5. The number of hydrogen-bond donors (Lipinski definition) is 1. The summed E-state index contributed by atoms with van der Waals surface area (Å²) in [5, 5.41) is 3.57. The van der Waals surface area contributed by atoms with E-state index < -0.39 is 0 Å². The van der Waals surface area contributed by atoms with Gasteiger partial charge in [0.1, 0.15) is 0 Å². The molecule has 1 nitrogen and oxygen atoms in total. The van der Waals surface area contributed by atoms with E-state index in [2.05, 4.69) is 48.6 Å². The van der Waals surface area contributed by atoms with E-state index in [0.717, 1.165) is 6.54 Å². The van der Waals surface area contributed by atoms with Gasteiger partial charge >= 0.3 is 0 Å². The Bertz CT molecular complexity index is 326. The zero-order valence-electron chi connectivity index (χ0n) is 9.37. The molecule has 1 aliphatic carbocycles. The topological polar surface area (TPSA) is 12.0 Å². The first kappa shape index (κ1) is 10.4. The van der Waals surface area contributed by atoms with Gasteiger partial charge in [0.05, 0.1) is 0 Å². The highest BCUT2D eigenvalue weighted by atomic mass is 14.9. The second-order valence-corrected chi connectivity index (χ2v) is 4.27. The number of allylic oxidation sites excluding steroid dienone is 1. The van der Waals surface area contributed by atoms with Crippen LogP contribution < -0.4 is 5.32 Å². The Hall–Kier alpha value is -1.08. The van der Waals surface area contributed by atoms with Gasteiger partial charge in [0, 0.05) is 12.6 Å². The third-order valence-electron chi connectivity index (χ3n) is 3.07. The molecule has 15 heavy (non-hydrogen) atoms. The van der Waals surface area contributed by atoms with E-state index in [4.69, 9.17) is 0 Å². The average Bonchev–Trinajstić information content (AvgIpc) is 2.80. The molecule has 0 radical (unpaired) electrons. The van der Waals surface area contributed by atoms with E-state index in [0.29, 0.717) is 6.04 Å². The van der Waals surface area contributed by atoms with Crippen molar-refractivity contribution >= 4 is 0 Å². The molecule has 0 saturated heterocycles. The quantitative estimate of drug-likeness (QED) is 0.736. The summed E-state index contributed by atoms with van der Waals surface area (Å²) in [5.74, 6) is 0. The Morgan fingerprint density at radius 2 is 2.07 bits per heavy atom. The number of nitrogens with one attached hydrogen (secondary N) is 1. The molecule has 0 heterocycles. The molecule has 0 spiro atoms. The lowest BCUT2D eigenvalue weighted by molar-refractivity contribution is 0.601. The van der Waals surface area contributed by atoms with E-state index in [9.17, 15) is 0 Å². The summed E-state index contributed by atoms with van der Waals surface area (Å²) < 4.78 is 0. The fourth-order valence-corrected chi connectivity index (χ4v) is 2.04. The molecule has 1 aromatic carbocycles. The Kier molecular flexibility index (Phi) is 3.57. The summed E-state index contributed by atoms with van der Waals surface area (Å²) in [5.41, 5.74) is 2.95. The van der Waals surface area contributed by atoms with Crippen molar-refractivity contribution in [3.63, 3.8) is 0 Å². The maximum Gasteiger partial charge on any atom is 0.0294 e. The summed E-state index contributed by atoms with van der Waals surface area (Å²) in [6, 6.07) is 11.1. The smallest absolute Gasteiger partial charge is 0.0294 e. The molecule has 0 bridgehead atoms. The van der Waals surface area contributed by atoms with Gasteiger partial charge in [0.15, 0.2) is 0 Å². The molecule has 1 unspecified atom stereocenters. The molecule has 0 aliphatic heterocycles. The number of rotatable bonds is 4. The molecular weight excluding hydrogens is 182 g/mol. The minimum Gasteiger partial charge on any atom is -0.306 e. The van der Waals surface area contributed by atoms with E-state index in [1.807, 2.05) is 0 Å². The van der Waals surface area contributed by atoms with Crippen molar-refractivity contribution in [2.45, 2.75) is 32.2 Å². The molecule has 0 fully saturated rings. The van der Waals surface area contributed by atoms with Crippen LogP contribution in [0.25, 0.3) is 0 Å². The van der Waals surface area contributed by atoms with Crippen LogP contribution in [-0.4, -0.2) is 6.54 Å². The van der Waals surface area contributed by atoms with Gasteiger partial charge in [-0.15, -0.1) is 0 Å². The van der Waals surface area contributed by atoms with E-state index in [1.54, 1.807) is 5.57 Å². The lowest BCUT2D eigenvalue weighted by atomic mass is 10.1. The molecule has 2 rings (SSSR count). The van der Waals surface area contributed by atoms with Crippen LogP contribution in [0.3, 0.4) is 0 Å². The minimum absolute atomic E-state index is 0.452. The van der Waals surface area contributed by atoms with Gasteiger partial charge in [0.2, 0.25) is 0 Å². The van der Waals surface area contributed by atoms with Crippen molar-refractivity contribution in [2.24, 2.45) is 0 Å². The van der Waals surface area contributed by atoms with Crippen molar-refractivity contribution in [1.82, 2.24) is 5.32 Å². The minimum atomic E-state index is 0.452. The Morgan fingerprint density at radius 1 is 1.27 bits per heavy atom. The van der Waals surface area contributed by atoms with Crippen LogP contribution in [-0.2, 0) is 0 Å². The fraction of sp³-hybridized carbons (Fsp3) is 0.429. The van der Waals surface area contributed by atoms with Gasteiger partial charge in [-0.05, 0) is 31.7 Å². The summed E-state index contributed by atoms with van der Waals surface area (Å²) in [6.45, 7) is 3.28. The van der Waals surface area contributed by atoms with Gasteiger partial charge in [-0.3, -0.25) is 0 Å². The molecule has 1 heteroatoms. The van der Waals surface area contributed by atoms with Crippen LogP contribution in [0.1, 0.15) is 37.8 Å². The maximum absolute atomic E-state index is 3.57. The van der Waals surface area contributed by atoms with Crippen molar-refractivity contribution < 1.29 is 0 Å². The molecule has 1 aromatic rings. The molecule has 0 saturated carbocycles. The lowest BCUT2D eigenvalue weighted by Crippen LogP contribution is -2.20. The second kappa shape index (κ2) is 5.13. The fourth-order valence-electron chi connectivity index (χ4n) is 2.04. The largest absolute Gasteiger partial charge is 0.306 e. The molecule has 0 aromatic heterocycles. The monoisotopic (exact) mass is 201 g/mol. The first-order valence-corrected chi connectivity index (χ1v) is 5.82. The van der Waals surface area contributed by atoms with Crippen LogP contribution in [0.15, 0.2) is 42.0 Å². The summed E-state index contributed by atoms with van der Waals surface area (Å²) >= 11 is 0. The van der Waals surface area contributed by atoms with Gasteiger partial charge in [-0.2, -0.15) is 0 Å². The Labute approximate surface area is 92.2 Å². The van der Waals surface area contributed by atoms with Gasteiger partial charge in [-0.25, -0.2) is 0 Å². The third kappa shape index (κ3) is 2.93. The lowest BCUT2D eigenvalue weighted by Gasteiger charge is -2.14. The van der Waals surface area contributed by atoms with Crippen molar-refractivity contribution in [1.29, 1.82) is 0 Å². The maximum atomic E-state index is 3.57. The van der Waals surface area contributed by atoms with Crippen molar-refractivity contribution in [2.75, 3.05) is 6.54 Å². The van der Waals surface area contributed by atoms with E-state index >= 15 is 0 Å². The second-order valence-electron chi connectivity index (χ2n) is 4.27. The molecule has 80 valence electrons. The van der Waals surface area contributed by atoms with Crippen LogP contribution in [0.5, 0.6) is 0 Å². The normalized spacial score (nSPS) is 17.5. The SMILES string of the molecule is CC(NCC1=CCCC1)c1ccccc1. The zero-order valence-corrected chi connectivity index (χ0v) is 9.37. The van der Waals surface area contributed by atoms with Crippen molar-refractivity contribution in [3.8, 4) is 0 Å². The van der Waals surface area contributed by atoms with Crippen LogP contribution in [0.2, 0.25) is 0 Å². The van der Waals surface area contributed by atoms with Gasteiger partial charge in [-0.1, -0.05) is 42.0 Å². The Balaban J connectivity index is 1.84. The standard InChI is InChI=1S/C14H19N/c1-12(14-9-3-2-4-10-14)15-11-13-7-5-6-8-13/h2-4,7,9-10,12,15H,5-6,8,11H2,1H3. The molecular formula is C14H19N. The van der Waals surface area contributed by atoms with Crippen LogP contribution in [0.4, 0.5) is 0 Å². The average molecular weight is 201 g/mol. The highest BCUT2D eigenvalue weighted by Crippen LogP contribution is 2.18. The summed E-state index contributed by atoms with van der Waals surface area (Å²) in [6.07, 6.45) is 6.28. The third-order valence-corrected chi connectivity index (χ3v) is 3.07. The molecule has 0 amide bonds. The first-order valence-electron chi connectivity index (χ1n) is 5.82. The van der Waals surface area contributed by atoms with Crippen molar-refractivity contribution in [3.05, 3.63) is 47.5 Å². The summed E-state index contributed by atoms with van der Waals surface area (Å²) in [4.78, 5) is 0. The van der Waals surface area contributed by atoms with Crippen LogP contribution >= 0.6 is 0 Å². The molecule has 1 aliphatic rings. The predicted octanol–water partition coefficient (Wildman–Crippen LogP) is 3.45. The summed E-state index contributed by atoms with van der Waals surface area (Å²) in [7, 11) is 0. The predicted molar refractivity (Wildman–Crippen MR) is 64.8 cm³/mol. The van der Waals surface area contributed by atoms with E-state index in [1.165, 1.54) is 24.8 Å². The molecule has 1 N–H and O–H groups in total. The van der Waals surface area contributed by atoms with E-state index in [-0.39, 0.29) is 0 Å². The van der Waals surface area contributed by atoms with Crippen LogP contribution in [0, 0.1) is 0 Å². The number of benzene rings is 1. The van der Waals surface area contributed by atoms with Gasteiger partial charge in [0.25, 0.3) is 0 Å².